The number of hydrogen-bond acceptors (Lipinski definition) is 2. The second-order valence-corrected chi connectivity index (χ2v) is 4.15. The molecule has 2 nitrogen and oxygen atoms in total. The van der Waals surface area contributed by atoms with Crippen LogP contribution in [-0.2, 0) is 0 Å². The Morgan fingerprint density at radius 3 is 2.50 bits per heavy atom. The predicted octanol–water partition coefficient (Wildman–Crippen LogP) is 2.64. The van der Waals surface area contributed by atoms with Crippen LogP contribution >= 0.6 is 0 Å². The zero-order chi connectivity index (χ0) is 11.0. The van der Waals surface area contributed by atoms with Crippen molar-refractivity contribution in [2.45, 2.75) is 64.1 Å². The van der Waals surface area contributed by atoms with Crippen LogP contribution in [0.1, 0.15) is 52.4 Å². The first-order valence-electron chi connectivity index (χ1n) is 5.56. The average molecular weight is 200 g/mol. The number of rotatable bonds is 8. The highest BCUT2D eigenvalue weighted by atomic mass is 16.3. The standard InChI is InChI=1S/C12H24O2/c1-4-6-7-8-9-10-11(13)12(3,14)5-2/h4,11,13-14H,1,5-10H2,2-3H3. The Morgan fingerprint density at radius 2 is 2.00 bits per heavy atom. The predicted molar refractivity (Wildman–Crippen MR) is 60.2 cm³/mol. The van der Waals surface area contributed by atoms with Gasteiger partial charge in [0.15, 0.2) is 0 Å². The minimum atomic E-state index is -0.918. The van der Waals surface area contributed by atoms with E-state index in [9.17, 15) is 10.2 Å². The molecule has 0 aliphatic heterocycles. The molecule has 0 aliphatic rings. The lowest BCUT2D eigenvalue weighted by molar-refractivity contribution is -0.0678. The van der Waals surface area contributed by atoms with Crippen LogP contribution in [0.15, 0.2) is 12.7 Å². The minimum Gasteiger partial charge on any atom is -0.390 e. The van der Waals surface area contributed by atoms with Gasteiger partial charge in [-0.1, -0.05) is 25.8 Å². The van der Waals surface area contributed by atoms with Crippen molar-refractivity contribution in [3.05, 3.63) is 12.7 Å². The molecule has 0 amide bonds. The zero-order valence-electron chi connectivity index (χ0n) is 9.50. The van der Waals surface area contributed by atoms with Crippen molar-refractivity contribution in [2.75, 3.05) is 0 Å². The first-order valence-corrected chi connectivity index (χ1v) is 5.56. The van der Waals surface area contributed by atoms with Crippen LogP contribution in [0.25, 0.3) is 0 Å². The van der Waals surface area contributed by atoms with E-state index >= 15 is 0 Å². The van der Waals surface area contributed by atoms with E-state index in [-0.39, 0.29) is 0 Å². The van der Waals surface area contributed by atoms with Crippen LogP contribution in [-0.4, -0.2) is 21.9 Å². The van der Waals surface area contributed by atoms with Crippen molar-refractivity contribution in [3.8, 4) is 0 Å². The Morgan fingerprint density at radius 1 is 1.36 bits per heavy atom. The third-order valence-electron chi connectivity index (χ3n) is 2.82. The van der Waals surface area contributed by atoms with Crippen LogP contribution in [0.2, 0.25) is 0 Å². The Kier molecular flexibility index (Phi) is 6.85. The topological polar surface area (TPSA) is 40.5 Å². The molecular weight excluding hydrogens is 176 g/mol. The summed E-state index contributed by atoms with van der Waals surface area (Å²) in [5.74, 6) is 0. The van der Waals surface area contributed by atoms with Gasteiger partial charge in [0.1, 0.15) is 0 Å². The second kappa shape index (κ2) is 7.02. The molecule has 2 heteroatoms. The molecule has 0 aromatic heterocycles. The summed E-state index contributed by atoms with van der Waals surface area (Å²) in [5, 5.41) is 19.4. The van der Waals surface area contributed by atoms with Crippen LogP contribution in [0.5, 0.6) is 0 Å². The molecule has 2 atom stereocenters. The molecule has 2 unspecified atom stereocenters. The fourth-order valence-corrected chi connectivity index (χ4v) is 1.35. The fourth-order valence-electron chi connectivity index (χ4n) is 1.35. The smallest absolute Gasteiger partial charge is 0.0874 e. The van der Waals surface area contributed by atoms with Gasteiger partial charge in [0, 0.05) is 0 Å². The van der Waals surface area contributed by atoms with E-state index in [4.69, 9.17) is 0 Å². The Labute approximate surface area is 87.7 Å². The molecule has 14 heavy (non-hydrogen) atoms. The molecule has 0 saturated heterocycles. The monoisotopic (exact) mass is 200 g/mol. The maximum Gasteiger partial charge on any atom is 0.0874 e. The van der Waals surface area contributed by atoms with E-state index in [0.29, 0.717) is 12.8 Å². The summed E-state index contributed by atoms with van der Waals surface area (Å²) in [4.78, 5) is 0. The molecule has 0 spiro atoms. The molecule has 0 aromatic carbocycles. The molecule has 0 saturated carbocycles. The number of allylic oxidation sites excluding steroid dienone is 1. The Balaban J connectivity index is 3.53. The molecule has 84 valence electrons. The molecular formula is C12H24O2. The van der Waals surface area contributed by atoms with Crippen LogP contribution in [0.4, 0.5) is 0 Å². The van der Waals surface area contributed by atoms with E-state index in [1.807, 2.05) is 13.0 Å². The number of unbranched alkanes of at least 4 members (excludes halogenated alkanes) is 3. The van der Waals surface area contributed by atoms with Crippen LogP contribution < -0.4 is 0 Å². The van der Waals surface area contributed by atoms with Gasteiger partial charge in [-0.2, -0.15) is 0 Å². The van der Waals surface area contributed by atoms with E-state index in [1.54, 1.807) is 6.92 Å². The van der Waals surface area contributed by atoms with Gasteiger partial charge >= 0.3 is 0 Å². The minimum absolute atomic E-state index is 0.587. The summed E-state index contributed by atoms with van der Waals surface area (Å²) in [5.41, 5.74) is -0.918. The lowest BCUT2D eigenvalue weighted by Crippen LogP contribution is -2.38. The molecule has 0 fully saturated rings. The van der Waals surface area contributed by atoms with Gasteiger partial charge in [0.25, 0.3) is 0 Å². The van der Waals surface area contributed by atoms with Crippen molar-refractivity contribution >= 4 is 0 Å². The third-order valence-corrected chi connectivity index (χ3v) is 2.82. The summed E-state index contributed by atoms with van der Waals surface area (Å²) in [6.07, 6.45) is 6.87. The summed E-state index contributed by atoms with van der Waals surface area (Å²) < 4.78 is 0. The fraction of sp³-hybridized carbons (Fsp3) is 0.833. The van der Waals surface area contributed by atoms with Gasteiger partial charge in [-0.25, -0.2) is 0 Å². The maximum absolute atomic E-state index is 9.73. The maximum atomic E-state index is 9.73. The zero-order valence-corrected chi connectivity index (χ0v) is 9.50. The number of aliphatic hydroxyl groups is 2. The van der Waals surface area contributed by atoms with Gasteiger partial charge in [-0.3, -0.25) is 0 Å². The van der Waals surface area contributed by atoms with Crippen molar-refractivity contribution in [3.63, 3.8) is 0 Å². The normalized spacial score (nSPS) is 17.4. The van der Waals surface area contributed by atoms with E-state index in [1.165, 1.54) is 0 Å². The van der Waals surface area contributed by atoms with Crippen molar-refractivity contribution in [2.24, 2.45) is 0 Å². The number of hydrogen-bond donors (Lipinski definition) is 2. The van der Waals surface area contributed by atoms with Gasteiger partial charge in [-0.15, -0.1) is 6.58 Å². The largest absolute Gasteiger partial charge is 0.390 e. The SMILES string of the molecule is C=CCCCCCC(O)C(C)(O)CC. The average Bonchev–Trinajstić information content (AvgIpc) is 2.17. The highest BCUT2D eigenvalue weighted by molar-refractivity contribution is 4.79. The van der Waals surface area contributed by atoms with E-state index < -0.39 is 11.7 Å². The first kappa shape index (κ1) is 13.7. The summed E-state index contributed by atoms with van der Waals surface area (Å²) in [6, 6.07) is 0. The molecule has 0 aliphatic carbocycles. The van der Waals surface area contributed by atoms with E-state index in [0.717, 1.165) is 25.7 Å². The lowest BCUT2D eigenvalue weighted by Gasteiger charge is -2.27. The molecule has 2 N–H and O–H groups in total. The first-order chi connectivity index (χ1) is 6.54. The van der Waals surface area contributed by atoms with Crippen LogP contribution in [0.3, 0.4) is 0 Å². The van der Waals surface area contributed by atoms with Gasteiger partial charge in [0.2, 0.25) is 0 Å². The lowest BCUT2D eigenvalue weighted by atomic mass is 9.92. The summed E-state index contributed by atoms with van der Waals surface area (Å²) >= 11 is 0. The molecule has 0 rings (SSSR count). The highest BCUT2D eigenvalue weighted by Crippen LogP contribution is 2.19. The third kappa shape index (κ3) is 5.40. The number of aliphatic hydroxyl groups excluding tert-OH is 1. The van der Waals surface area contributed by atoms with Crippen molar-refractivity contribution < 1.29 is 10.2 Å². The van der Waals surface area contributed by atoms with Gasteiger partial charge in [0.05, 0.1) is 11.7 Å². The van der Waals surface area contributed by atoms with Crippen molar-refractivity contribution in [1.29, 1.82) is 0 Å². The summed E-state index contributed by atoms with van der Waals surface area (Å²) in [7, 11) is 0. The van der Waals surface area contributed by atoms with E-state index in [2.05, 4.69) is 6.58 Å². The van der Waals surface area contributed by atoms with Crippen LogP contribution in [0, 0.1) is 0 Å². The van der Waals surface area contributed by atoms with Crippen molar-refractivity contribution in [1.82, 2.24) is 0 Å². The van der Waals surface area contributed by atoms with Gasteiger partial charge in [-0.05, 0) is 32.6 Å². The molecule has 0 bridgehead atoms. The Hall–Kier alpha value is -0.340. The molecule has 0 aromatic rings. The highest BCUT2D eigenvalue weighted by Gasteiger charge is 2.27. The summed E-state index contributed by atoms with van der Waals surface area (Å²) in [6.45, 7) is 7.24. The van der Waals surface area contributed by atoms with Gasteiger partial charge < -0.3 is 10.2 Å². The second-order valence-electron chi connectivity index (χ2n) is 4.15. The Bertz CT molecular complexity index is 152. The molecule has 0 radical (unpaired) electrons. The molecule has 0 heterocycles. The quantitative estimate of drug-likeness (QED) is 0.467.